The van der Waals surface area contributed by atoms with Crippen LogP contribution in [0.3, 0.4) is 0 Å². The van der Waals surface area contributed by atoms with E-state index in [4.69, 9.17) is 5.11 Å². The third-order valence-electron chi connectivity index (χ3n) is 3.85. The number of carboxylic acids is 1. The van der Waals surface area contributed by atoms with Crippen LogP contribution in [0.4, 0.5) is 10.5 Å². The molecule has 1 aliphatic rings. The zero-order valence-corrected chi connectivity index (χ0v) is 12.0. The topological polar surface area (TPSA) is 69.6 Å². The second-order valence-electron chi connectivity index (χ2n) is 5.56. The van der Waals surface area contributed by atoms with Gasteiger partial charge in [0, 0.05) is 18.3 Å². The van der Waals surface area contributed by atoms with Gasteiger partial charge in [0.2, 0.25) is 0 Å². The molecule has 2 unspecified atom stereocenters. The van der Waals surface area contributed by atoms with Crippen molar-refractivity contribution in [2.24, 2.45) is 5.92 Å². The summed E-state index contributed by atoms with van der Waals surface area (Å²) in [6.45, 7) is 6.60. The molecule has 5 heteroatoms. The van der Waals surface area contributed by atoms with Crippen LogP contribution in [0.1, 0.15) is 36.2 Å². The smallest absolute Gasteiger partial charge is 0.336 e. The minimum Gasteiger partial charge on any atom is -0.478 e. The van der Waals surface area contributed by atoms with Crippen molar-refractivity contribution in [2.45, 2.75) is 33.2 Å². The number of carbonyl (C=O) groups excluding carboxylic acids is 1. The molecule has 1 saturated heterocycles. The molecule has 2 N–H and O–H groups in total. The van der Waals surface area contributed by atoms with Crippen LogP contribution in [0.5, 0.6) is 0 Å². The molecule has 0 radical (unpaired) electrons. The van der Waals surface area contributed by atoms with Gasteiger partial charge in [0.25, 0.3) is 0 Å². The van der Waals surface area contributed by atoms with Crippen LogP contribution in [-0.4, -0.2) is 34.6 Å². The van der Waals surface area contributed by atoms with E-state index in [9.17, 15) is 9.59 Å². The normalized spacial score (nSPS) is 21.9. The first kappa shape index (κ1) is 14.4. The number of anilines is 1. The Morgan fingerprint density at radius 3 is 2.60 bits per heavy atom. The van der Waals surface area contributed by atoms with Crippen molar-refractivity contribution in [1.29, 1.82) is 0 Å². The molecule has 2 amide bonds. The number of carboxylic acid groups (broad SMARTS) is 1. The molecule has 1 aliphatic heterocycles. The molecule has 108 valence electrons. The van der Waals surface area contributed by atoms with E-state index < -0.39 is 5.97 Å². The molecule has 1 aromatic carbocycles. The maximum atomic E-state index is 12.3. The summed E-state index contributed by atoms with van der Waals surface area (Å²) < 4.78 is 0. The van der Waals surface area contributed by atoms with E-state index in [1.165, 1.54) is 6.07 Å². The lowest BCUT2D eigenvalue weighted by atomic mass is 10.1. The molecule has 5 nitrogen and oxygen atoms in total. The molecule has 2 rings (SSSR count). The van der Waals surface area contributed by atoms with E-state index in [1.807, 2.05) is 6.92 Å². The maximum Gasteiger partial charge on any atom is 0.336 e. The standard InChI is InChI=1S/C15H20N2O3/c1-9-7-10(2)17(8-9)15(20)16-13-6-4-5-12(11(13)3)14(18)19/h4-6,9-10H,7-8H2,1-3H3,(H,16,20)(H,18,19). The van der Waals surface area contributed by atoms with Crippen LogP contribution in [0.25, 0.3) is 0 Å². The van der Waals surface area contributed by atoms with Crippen molar-refractivity contribution in [2.75, 3.05) is 11.9 Å². The zero-order chi connectivity index (χ0) is 14.9. The number of carbonyl (C=O) groups is 2. The van der Waals surface area contributed by atoms with E-state index in [-0.39, 0.29) is 17.6 Å². The molecule has 1 aromatic rings. The van der Waals surface area contributed by atoms with Gasteiger partial charge in [-0.05, 0) is 43.9 Å². The summed E-state index contributed by atoms with van der Waals surface area (Å²) in [6, 6.07) is 4.96. The van der Waals surface area contributed by atoms with Crippen LogP contribution in [0, 0.1) is 12.8 Å². The minimum atomic E-state index is -0.984. The molecule has 0 bridgehead atoms. The number of aromatic carboxylic acids is 1. The number of likely N-dealkylation sites (tertiary alicyclic amines) is 1. The minimum absolute atomic E-state index is 0.160. The van der Waals surface area contributed by atoms with Crippen LogP contribution >= 0.6 is 0 Å². The van der Waals surface area contributed by atoms with Gasteiger partial charge in [-0.1, -0.05) is 13.0 Å². The fourth-order valence-electron chi connectivity index (χ4n) is 2.77. The average Bonchev–Trinajstić information content (AvgIpc) is 2.70. The lowest BCUT2D eigenvalue weighted by Gasteiger charge is -2.22. The number of amides is 2. The highest BCUT2D eigenvalue weighted by atomic mass is 16.4. The van der Waals surface area contributed by atoms with Crippen LogP contribution in [0.15, 0.2) is 18.2 Å². The fraction of sp³-hybridized carbons (Fsp3) is 0.467. The van der Waals surface area contributed by atoms with E-state index >= 15 is 0 Å². The van der Waals surface area contributed by atoms with Gasteiger partial charge < -0.3 is 15.3 Å². The highest BCUT2D eigenvalue weighted by Gasteiger charge is 2.30. The van der Waals surface area contributed by atoms with Gasteiger partial charge in [0.1, 0.15) is 0 Å². The van der Waals surface area contributed by atoms with E-state index in [2.05, 4.69) is 12.2 Å². The van der Waals surface area contributed by atoms with Crippen molar-refractivity contribution in [1.82, 2.24) is 4.90 Å². The van der Waals surface area contributed by atoms with E-state index in [1.54, 1.807) is 24.0 Å². The summed E-state index contributed by atoms with van der Waals surface area (Å²) in [6.07, 6.45) is 1.00. The molecule has 0 aliphatic carbocycles. The predicted octanol–water partition coefficient (Wildman–Crippen LogP) is 2.96. The number of rotatable bonds is 2. The SMILES string of the molecule is Cc1c(NC(=O)N2CC(C)CC2C)cccc1C(=O)O. The Kier molecular flexibility index (Phi) is 3.97. The van der Waals surface area contributed by atoms with Crippen molar-refractivity contribution in [3.63, 3.8) is 0 Å². The Balaban J connectivity index is 2.16. The maximum absolute atomic E-state index is 12.3. The molecule has 20 heavy (non-hydrogen) atoms. The average molecular weight is 276 g/mol. The summed E-state index contributed by atoms with van der Waals surface area (Å²) in [7, 11) is 0. The number of nitrogens with zero attached hydrogens (tertiary/aromatic N) is 1. The molecule has 2 atom stereocenters. The second-order valence-corrected chi connectivity index (χ2v) is 5.56. The Bertz CT molecular complexity index is 542. The van der Waals surface area contributed by atoms with Crippen LogP contribution in [-0.2, 0) is 0 Å². The Morgan fingerprint density at radius 1 is 1.35 bits per heavy atom. The summed E-state index contributed by atoms with van der Waals surface area (Å²) in [5.74, 6) is -0.482. The highest BCUT2D eigenvalue weighted by Crippen LogP contribution is 2.24. The highest BCUT2D eigenvalue weighted by molar-refractivity contribution is 5.95. The lowest BCUT2D eigenvalue weighted by molar-refractivity contribution is 0.0696. The van der Waals surface area contributed by atoms with E-state index in [0.29, 0.717) is 17.2 Å². The third-order valence-corrected chi connectivity index (χ3v) is 3.85. The molecule has 1 heterocycles. The Hall–Kier alpha value is -2.04. The number of benzene rings is 1. The Labute approximate surface area is 118 Å². The van der Waals surface area contributed by atoms with Gasteiger partial charge in [-0.25, -0.2) is 9.59 Å². The van der Waals surface area contributed by atoms with Crippen molar-refractivity contribution in [3.05, 3.63) is 29.3 Å². The van der Waals surface area contributed by atoms with Gasteiger partial charge in [-0.15, -0.1) is 0 Å². The first-order valence-corrected chi connectivity index (χ1v) is 6.80. The predicted molar refractivity (Wildman–Crippen MR) is 77.1 cm³/mol. The van der Waals surface area contributed by atoms with E-state index in [0.717, 1.165) is 13.0 Å². The van der Waals surface area contributed by atoms with Gasteiger partial charge >= 0.3 is 12.0 Å². The van der Waals surface area contributed by atoms with Gasteiger partial charge in [-0.3, -0.25) is 0 Å². The summed E-state index contributed by atoms with van der Waals surface area (Å²) in [4.78, 5) is 25.2. The second kappa shape index (κ2) is 5.53. The first-order chi connectivity index (χ1) is 9.40. The number of nitrogens with one attached hydrogen (secondary N) is 1. The van der Waals surface area contributed by atoms with Gasteiger partial charge in [0.15, 0.2) is 0 Å². The lowest BCUT2D eigenvalue weighted by Crippen LogP contribution is -2.37. The van der Waals surface area contributed by atoms with Gasteiger partial charge in [-0.2, -0.15) is 0 Å². The van der Waals surface area contributed by atoms with Crippen molar-refractivity contribution in [3.8, 4) is 0 Å². The molecule has 1 fully saturated rings. The molecule has 0 spiro atoms. The summed E-state index contributed by atoms with van der Waals surface area (Å²) in [5.41, 5.74) is 1.35. The van der Waals surface area contributed by atoms with Gasteiger partial charge in [0.05, 0.1) is 5.56 Å². The van der Waals surface area contributed by atoms with Crippen LogP contribution in [0.2, 0.25) is 0 Å². The Morgan fingerprint density at radius 2 is 2.05 bits per heavy atom. The molecular formula is C15H20N2O3. The van der Waals surface area contributed by atoms with Crippen molar-refractivity contribution >= 4 is 17.7 Å². The van der Waals surface area contributed by atoms with Crippen molar-refractivity contribution < 1.29 is 14.7 Å². The molecule has 0 saturated carbocycles. The monoisotopic (exact) mass is 276 g/mol. The third kappa shape index (κ3) is 2.76. The molecule has 0 aromatic heterocycles. The van der Waals surface area contributed by atoms with Crippen LogP contribution < -0.4 is 5.32 Å². The summed E-state index contributed by atoms with van der Waals surface area (Å²) in [5, 5.41) is 11.9. The largest absolute Gasteiger partial charge is 0.478 e. The first-order valence-electron chi connectivity index (χ1n) is 6.80. The number of hydrogen-bond donors (Lipinski definition) is 2. The molecular weight excluding hydrogens is 256 g/mol. The summed E-state index contributed by atoms with van der Waals surface area (Å²) >= 11 is 0. The quantitative estimate of drug-likeness (QED) is 0.872. The fourth-order valence-corrected chi connectivity index (χ4v) is 2.77. The zero-order valence-electron chi connectivity index (χ0n) is 12.0. The number of hydrogen-bond acceptors (Lipinski definition) is 2. The number of urea groups is 1.